The number of carbonyl (C=O) groups excluding carboxylic acids is 3. The van der Waals surface area contributed by atoms with E-state index in [1.54, 1.807) is 0 Å². The molecule has 23 heteroatoms. The number of amides is 3. The van der Waals surface area contributed by atoms with Crippen LogP contribution in [0.4, 0.5) is 10.1 Å². The van der Waals surface area contributed by atoms with E-state index in [1.165, 1.54) is 0 Å². The first-order valence-electron chi connectivity index (χ1n) is 13.4. The maximum Gasteiger partial charge on any atom is 0.315 e. The summed E-state index contributed by atoms with van der Waals surface area (Å²) in [5, 5.41) is 130. The Morgan fingerprint density at radius 1 is 0.958 bits per heavy atom. The molecule has 2 aromatic carbocycles. The fourth-order valence-electron chi connectivity index (χ4n) is 5.63. The minimum absolute atomic E-state index is 0.0673. The highest BCUT2D eigenvalue weighted by Crippen LogP contribution is 2.47. The predicted octanol–water partition coefficient (Wildman–Crippen LogP) is -7.28. The van der Waals surface area contributed by atoms with Crippen LogP contribution in [0, 0.1) is 5.82 Å². The highest BCUT2D eigenvalue weighted by molar-refractivity contribution is 6.16. The maximum atomic E-state index is 15.5. The molecule has 254 valence electrons. The van der Waals surface area contributed by atoms with E-state index in [0.717, 1.165) is 18.2 Å². The van der Waals surface area contributed by atoms with Crippen LogP contribution in [-0.4, -0.2) is 134 Å². The molecule has 0 spiro atoms. The molecule has 3 amide bonds. The Labute approximate surface area is 268 Å². The Balaban J connectivity index is 1.50. The summed E-state index contributed by atoms with van der Waals surface area (Å²) in [6, 6.07) is 2.59. The maximum absolute atomic E-state index is 15.5. The first-order valence-corrected chi connectivity index (χ1v) is 13.4. The lowest BCUT2D eigenvalue weighted by molar-refractivity contribution is -0.592. The second-order valence-electron chi connectivity index (χ2n) is 11.2. The largest absolute Gasteiger partial charge is 0.376 e. The first-order chi connectivity index (χ1) is 21.7. The van der Waals surface area contributed by atoms with E-state index in [1.807, 2.05) is 10.6 Å². The van der Waals surface area contributed by atoms with Crippen molar-refractivity contribution in [3.8, 4) is 0 Å². The zero-order valence-electron chi connectivity index (χ0n) is 23.9. The normalized spacial score (nSPS) is 28.6. The summed E-state index contributed by atoms with van der Waals surface area (Å²) >= 11 is 0. The van der Waals surface area contributed by atoms with Gasteiger partial charge >= 0.3 is 5.97 Å². The van der Waals surface area contributed by atoms with Gasteiger partial charge in [0.05, 0.1) is 16.7 Å². The standard InChI is InChI=1S/C25H25B2FN4O16/c26-22(42)25(46,47)48-23(27,43)24(44,45)32(22)20(38,39)9-4-5-11(12(28)8-9)19(36,37)30-13-3-1-2-10-16(13)21(40,41)31(18(10)35)14-6-7-15(33)29-17(14)34/h1-5,8,14,30,36-47H,6-7H2,(H,29,33,34). The summed E-state index contributed by atoms with van der Waals surface area (Å²) < 4.78 is 19.4. The van der Waals surface area contributed by atoms with E-state index in [-0.39, 0.29) is 18.9 Å². The lowest BCUT2D eigenvalue weighted by Crippen LogP contribution is -2.87. The minimum atomic E-state index is -4.41. The first kappa shape index (κ1) is 35.7. The third kappa shape index (κ3) is 5.08. The number of carbonyl (C=O) groups is 3. The van der Waals surface area contributed by atoms with Crippen molar-refractivity contribution in [3.63, 3.8) is 0 Å². The number of rotatable bonds is 6. The highest BCUT2D eigenvalue weighted by atomic mass is 19.1. The van der Waals surface area contributed by atoms with Crippen molar-refractivity contribution in [3.05, 3.63) is 64.5 Å². The number of halogens is 1. The van der Waals surface area contributed by atoms with E-state index in [4.69, 9.17) is 15.7 Å². The summed E-state index contributed by atoms with van der Waals surface area (Å²) in [5.74, 6) is -24.4. The highest BCUT2D eigenvalue weighted by Gasteiger charge is 2.74. The smallest absolute Gasteiger partial charge is 0.315 e. The van der Waals surface area contributed by atoms with Crippen LogP contribution in [0.5, 0.6) is 0 Å². The van der Waals surface area contributed by atoms with E-state index in [9.17, 15) is 75.7 Å². The van der Waals surface area contributed by atoms with Crippen molar-refractivity contribution < 1.29 is 84.8 Å². The van der Waals surface area contributed by atoms with Crippen LogP contribution in [0.2, 0.25) is 0 Å². The zero-order chi connectivity index (χ0) is 36.2. The number of fused-ring (bicyclic) bond motifs is 1. The minimum Gasteiger partial charge on any atom is -0.376 e. The SMILES string of the molecule is [B]C1(O)OC(O)(O)C([B])(O)N(C(O)(O)c2ccc(C(O)(O)Nc3cccc4c3C(O)(O)N(C3CCC(=O)NC3=O)C4=O)c(F)c2)C1(O)O. The van der Waals surface area contributed by atoms with Crippen LogP contribution in [0.3, 0.4) is 0 Å². The Bertz CT molecular complexity index is 1690. The van der Waals surface area contributed by atoms with Crippen molar-refractivity contribution in [2.24, 2.45) is 0 Å². The van der Waals surface area contributed by atoms with Crippen molar-refractivity contribution in [2.45, 2.75) is 59.8 Å². The molecule has 3 heterocycles. The molecule has 0 bridgehead atoms. The van der Waals surface area contributed by atoms with Crippen LogP contribution in [0.1, 0.15) is 39.9 Å². The molecule has 3 unspecified atom stereocenters. The summed E-state index contributed by atoms with van der Waals surface area (Å²) in [6.45, 7) is 0. The molecule has 0 saturated carbocycles. The van der Waals surface area contributed by atoms with Gasteiger partial charge in [-0.05, 0) is 30.7 Å². The Morgan fingerprint density at radius 3 is 2.17 bits per heavy atom. The molecule has 0 aliphatic carbocycles. The van der Waals surface area contributed by atoms with E-state index >= 15 is 4.39 Å². The van der Waals surface area contributed by atoms with E-state index < -0.39 is 103 Å². The van der Waals surface area contributed by atoms with Crippen LogP contribution in [0.25, 0.3) is 0 Å². The summed E-state index contributed by atoms with van der Waals surface area (Å²) in [6.07, 6.45) is -0.551. The Kier molecular flexibility index (Phi) is 7.93. The fraction of sp³-hybridized carbons (Fsp3) is 0.400. The van der Waals surface area contributed by atoms with Crippen molar-refractivity contribution in [1.29, 1.82) is 0 Å². The lowest BCUT2D eigenvalue weighted by Gasteiger charge is -2.61. The Morgan fingerprint density at radius 2 is 1.58 bits per heavy atom. The van der Waals surface area contributed by atoms with Gasteiger partial charge in [-0.3, -0.25) is 29.3 Å². The van der Waals surface area contributed by atoms with Gasteiger partial charge in [0.25, 0.3) is 29.6 Å². The van der Waals surface area contributed by atoms with Gasteiger partial charge in [0.15, 0.2) is 19.2 Å². The molecule has 5 rings (SSSR count). The summed E-state index contributed by atoms with van der Waals surface area (Å²) in [7, 11) is 10.3. The molecule has 3 aliphatic rings. The summed E-state index contributed by atoms with van der Waals surface area (Å²) in [4.78, 5) is 36.5. The van der Waals surface area contributed by atoms with Gasteiger partial charge in [0.2, 0.25) is 11.8 Å². The number of piperidine rings is 1. The zero-order valence-corrected chi connectivity index (χ0v) is 23.9. The fourth-order valence-corrected chi connectivity index (χ4v) is 5.63. The molecular formula is C25H25B2FN4O16. The van der Waals surface area contributed by atoms with Gasteiger partial charge in [-0.2, -0.15) is 4.90 Å². The van der Waals surface area contributed by atoms with Crippen molar-refractivity contribution in [2.75, 3.05) is 5.32 Å². The number of hydrogen-bond acceptors (Lipinski definition) is 18. The number of imide groups is 1. The van der Waals surface area contributed by atoms with Gasteiger partial charge in [0, 0.05) is 17.7 Å². The van der Waals surface area contributed by atoms with Crippen LogP contribution < -0.4 is 10.6 Å². The predicted molar refractivity (Wildman–Crippen MR) is 146 cm³/mol. The van der Waals surface area contributed by atoms with E-state index in [2.05, 4.69) is 4.74 Å². The van der Waals surface area contributed by atoms with Crippen molar-refractivity contribution in [1.82, 2.24) is 15.1 Å². The molecular weight excluding hydrogens is 653 g/mol. The number of anilines is 1. The average molecular weight is 678 g/mol. The van der Waals surface area contributed by atoms with Crippen LogP contribution in [0.15, 0.2) is 36.4 Å². The Hall–Kier alpha value is -3.65. The second kappa shape index (κ2) is 10.7. The lowest BCUT2D eigenvalue weighted by atomic mass is 9.77. The van der Waals surface area contributed by atoms with Gasteiger partial charge in [-0.1, -0.05) is 12.1 Å². The average Bonchev–Trinajstić information content (AvgIpc) is 3.12. The van der Waals surface area contributed by atoms with Gasteiger partial charge < -0.3 is 66.6 Å². The number of ether oxygens (including phenoxy) is 1. The number of morpholine rings is 1. The van der Waals surface area contributed by atoms with Gasteiger partial charge in [0.1, 0.15) is 19.7 Å². The number of nitrogens with zero attached hydrogens (tertiary/aromatic N) is 2. The molecule has 3 aliphatic heterocycles. The monoisotopic (exact) mass is 678 g/mol. The summed E-state index contributed by atoms with van der Waals surface area (Å²) in [5.41, 5.74) is -12.5. The van der Waals surface area contributed by atoms with E-state index in [0.29, 0.717) is 17.0 Å². The molecule has 4 radical (unpaired) electrons. The number of nitrogens with one attached hydrogen (secondary N) is 2. The number of benzene rings is 2. The van der Waals surface area contributed by atoms with Crippen LogP contribution in [-0.2, 0) is 32.1 Å². The molecule has 0 aromatic heterocycles. The van der Waals surface area contributed by atoms with Crippen LogP contribution >= 0.6 is 0 Å². The topological polar surface area (TPSA) is 334 Å². The van der Waals surface area contributed by atoms with Gasteiger partial charge in [-0.25, -0.2) is 4.39 Å². The van der Waals surface area contributed by atoms with Crippen molar-refractivity contribution >= 4 is 39.1 Å². The molecule has 48 heavy (non-hydrogen) atoms. The number of hydrogen-bond donors (Lipinski definition) is 14. The molecule has 2 aromatic rings. The third-order valence-corrected chi connectivity index (χ3v) is 7.97. The molecule has 20 nitrogen and oxygen atoms in total. The second-order valence-corrected chi connectivity index (χ2v) is 11.2. The quantitative estimate of drug-likeness (QED) is 0.0766. The molecule has 2 saturated heterocycles. The van der Waals surface area contributed by atoms with Gasteiger partial charge in [-0.15, -0.1) is 0 Å². The molecule has 3 atom stereocenters. The molecule has 2 fully saturated rings. The molecule has 14 N–H and O–H groups in total. The third-order valence-electron chi connectivity index (χ3n) is 7.97. The number of aliphatic hydroxyl groups is 12.